The highest BCUT2D eigenvalue weighted by molar-refractivity contribution is 6.31. The monoisotopic (exact) mass is 436 g/mol. The van der Waals surface area contributed by atoms with Gasteiger partial charge in [-0.05, 0) is 101 Å². The Morgan fingerprint density at radius 3 is 2.55 bits per heavy atom. The van der Waals surface area contributed by atoms with Gasteiger partial charge in [0.1, 0.15) is 5.82 Å². The van der Waals surface area contributed by atoms with E-state index in [-0.39, 0.29) is 5.54 Å². The number of piperidine rings is 1. The van der Waals surface area contributed by atoms with Crippen LogP contribution in [0.4, 0.5) is 17.2 Å². The lowest BCUT2D eigenvalue weighted by Gasteiger charge is -2.41. The van der Waals surface area contributed by atoms with Crippen molar-refractivity contribution in [3.8, 4) is 0 Å². The summed E-state index contributed by atoms with van der Waals surface area (Å²) >= 11 is 6.58. The lowest BCUT2D eigenvalue weighted by molar-refractivity contribution is 0.0876. The predicted octanol–water partition coefficient (Wildman–Crippen LogP) is 6.58. The van der Waals surface area contributed by atoms with Crippen LogP contribution in [-0.2, 0) is 6.42 Å². The Hall–Kier alpha value is -2.30. The number of pyridine rings is 1. The number of fused-ring (bicyclic) bond motifs is 1. The van der Waals surface area contributed by atoms with Crippen LogP contribution in [-0.4, -0.2) is 28.5 Å². The summed E-state index contributed by atoms with van der Waals surface area (Å²) in [5.74, 6) is 1.49. The van der Waals surface area contributed by atoms with Crippen LogP contribution in [0.5, 0.6) is 0 Å². The van der Waals surface area contributed by atoms with Crippen LogP contribution < -0.4 is 11.1 Å². The summed E-state index contributed by atoms with van der Waals surface area (Å²) in [7, 11) is 0. The Bertz CT molecular complexity index is 1080. The molecule has 0 bridgehead atoms. The first-order valence-electron chi connectivity index (χ1n) is 11.2. The van der Waals surface area contributed by atoms with Gasteiger partial charge in [-0.15, -0.1) is 0 Å². The van der Waals surface area contributed by atoms with Crippen molar-refractivity contribution in [2.45, 2.75) is 52.5 Å². The predicted molar refractivity (Wildman–Crippen MR) is 133 cm³/mol. The number of likely N-dealkylation sites (tertiary alicyclic amines) is 1. The number of nitrogens with zero attached hydrogens (tertiary/aromatic N) is 2. The molecule has 4 nitrogen and oxygen atoms in total. The fourth-order valence-electron chi connectivity index (χ4n) is 4.55. The molecule has 0 unspecified atom stereocenters. The smallest absolute Gasteiger partial charge is 0.138 e. The quantitative estimate of drug-likeness (QED) is 0.454. The van der Waals surface area contributed by atoms with Crippen molar-refractivity contribution in [1.82, 2.24) is 9.88 Å². The van der Waals surface area contributed by atoms with Crippen LogP contribution in [0.1, 0.15) is 44.7 Å². The molecule has 0 saturated carbocycles. The highest BCUT2D eigenvalue weighted by Crippen LogP contribution is 2.33. The number of anilines is 3. The normalized spacial score (nSPS) is 16.0. The van der Waals surface area contributed by atoms with E-state index in [0.29, 0.717) is 5.92 Å². The van der Waals surface area contributed by atoms with E-state index in [1.54, 1.807) is 6.20 Å². The van der Waals surface area contributed by atoms with Crippen molar-refractivity contribution >= 4 is 39.6 Å². The summed E-state index contributed by atoms with van der Waals surface area (Å²) in [6.07, 6.45) is 5.26. The van der Waals surface area contributed by atoms with Crippen LogP contribution in [0.3, 0.4) is 0 Å². The summed E-state index contributed by atoms with van der Waals surface area (Å²) in [5, 5.41) is 6.38. The van der Waals surface area contributed by atoms with Gasteiger partial charge in [0.25, 0.3) is 0 Å². The van der Waals surface area contributed by atoms with Gasteiger partial charge >= 0.3 is 0 Å². The van der Waals surface area contributed by atoms with Crippen molar-refractivity contribution in [3.63, 3.8) is 0 Å². The molecule has 3 N–H and O–H groups in total. The molecule has 1 fully saturated rings. The second kappa shape index (κ2) is 8.68. The number of rotatable bonds is 4. The van der Waals surface area contributed by atoms with Gasteiger partial charge in [-0.2, -0.15) is 0 Å². The van der Waals surface area contributed by atoms with E-state index in [9.17, 15) is 0 Å². The first-order chi connectivity index (χ1) is 14.7. The second-order valence-electron chi connectivity index (χ2n) is 9.79. The van der Waals surface area contributed by atoms with Gasteiger partial charge < -0.3 is 11.1 Å². The number of hydrogen-bond donors (Lipinski definition) is 2. The largest absolute Gasteiger partial charge is 0.398 e. The molecule has 0 spiro atoms. The molecule has 5 heteroatoms. The molecule has 164 valence electrons. The lowest BCUT2D eigenvalue weighted by Crippen LogP contribution is -2.46. The fourth-order valence-corrected chi connectivity index (χ4v) is 4.75. The molecule has 1 aliphatic heterocycles. The molecule has 3 aromatic rings. The van der Waals surface area contributed by atoms with Crippen LogP contribution >= 0.6 is 11.6 Å². The zero-order valence-electron chi connectivity index (χ0n) is 19.0. The molecule has 2 aromatic carbocycles. The first kappa shape index (κ1) is 21.9. The molecule has 4 rings (SSSR count). The maximum atomic E-state index is 6.58. The van der Waals surface area contributed by atoms with Gasteiger partial charge in [0.15, 0.2) is 0 Å². The maximum Gasteiger partial charge on any atom is 0.138 e. The Kier molecular flexibility index (Phi) is 6.14. The van der Waals surface area contributed by atoms with Crippen molar-refractivity contribution < 1.29 is 0 Å². The molecular formula is C26H33ClN4. The van der Waals surface area contributed by atoms with Crippen LogP contribution in [0.2, 0.25) is 5.02 Å². The molecule has 31 heavy (non-hydrogen) atoms. The Balaban J connectivity index is 1.52. The third-order valence-electron chi connectivity index (χ3n) is 6.59. The van der Waals surface area contributed by atoms with Crippen molar-refractivity contribution in [1.29, 1.82) is 0 Å². The van der Waals surface area contributed by atoms with Crippen molar-refractivity contribution in [2.75, 3.05) is 24.1 Å². The minimum absolute atomic E-state index is 0.250. The molecule has 1 saturated heterocycles. The fraction of sp³-hybridized carbons (Fsp3) is 0.423. The lowest BCUT2D eigenvalue weighted by atomic mass is 9.88. The summed E-state index contributed by atoms with van der Waals surface area (Å²) < 4.78 is 0. The summed E-state index contributed by atoms with van der Waals surface area (Å²) in [6.45, 7) is 11.2. The van der Waals surface area contributed by atoms with Crippen LogP contribution in [0.25, 0.3) is 10.8 Å². The minimum atomic E-state index is 0.250. The van der Waals surface area contributed by atoms with Crippen molar-refractivity contribution in [3.05, 3.63) is 58.7 Å². The number of hydrogen-bond acceptors (Lipinski definition) is 4. The Morgan fingerprint density at radius 1 is 1.10 bits per heavy atom. The maximum absolute atomic E-state index is 6.58. The number of benzene rings is 2. The molecule has 0 radical (unpaired) electrons. The van der Waals surface area contributed by atoms with Gasteiger partial charge in [-0.25, -0.2) is 4.98 Å². The highest BCUT2D eigenvalue weighted by atomic mass is 35.5. The number of nitrogens with two attached hydrogens (primary N) is 1. The average molecular weight is 437 g/mol. The summed E-state index contributed by atoms with van der Waals surface area (Å²) in [6, 6.07) is 12.3. The first-order valence-corrected chi connectivity index (χ1v) is 11.5. The third-order valence-corrected chi connectivity index (χ3v) is 6.95. The topological polar surface area (TPSA) is 54.2 Å². The highest BCUT2D eigenvalue weighted by Gasteiger charge is 2.27. The molecule has 2 heterocycles. The van der Waals surface area contributed by atoms with E-state index in [0.717, 1.165) is 58.1 Å². The zero-order valence-corrected chi connectivity index (χ0v) is 19.8. The molecule has 0 aliphatic carbocycles. The molecule has 1 aromatic heterocycles. The molecule has 0 atom stereocenters. The van der Waals surface area contributed by atoms with E-state index in [1.807, 2.05) is 31.2 Å². The van der Waals surface area contributed by atoms with E-state index in [4.69, 9.17) is 17.3 Å². The summed E-state index contributed by atoms with van der Waals surface area (Å²) in [5.41, 5.74) is 10.6. The molecule has 0 amide bonds. The molecular weight excluding hydrogens is 404 g/mol. The van der Waals surface area contributed by atoms with E-state index in [2.05, 4.69) is 48.1 Å². The number of halogens is 1. The Morgan fingerprint density at radius 2 is 1.84 bits per heavy atom. The number of nitrogen functional groups attached to an aromatic ring is 1. The number of aryl methyl sites for hydroxylation is 1. The van der Waals surface area contributed by atoms with E-state index in [1.165, 1.54) is 18.4 Å². The third kappa shape index (κ3) is 4.81. The SMILES string of the molecule is Cc1ccc2c(Nc3ccc(Cl)c(CC4CCN(C(C)(C)C)CC4)c3)nccc2c1N. The van der Waals surface area contributed by atoms with Gasteiger partial charge in [0.2, 0.25) is 0 Å². The van der Waals surface area contributed by atoms with Crippen LogP contribution in [0.15, 0.2) is 42.6 Å². The summed E-state index contributed by atoms with van der Waals surface area (Å²) in [4.78, 5) is 7.15. The van der Waals surface area contributed by atoms with Gasteiger partial charge in [-0.3, -0.25) is 4.90 Å². The number of aromatic nitrogens is 1. The van der Waals surface area contributed by atoms with E-state index < -0.39 is 0 Å². The molecule has 1 aliphatic rings. The van der Waals surface area contributed by atoms with Gasteiger partial charge in [-0.1, -0.05) is 23.7 Å². The Labute approximate surface area is 190 Å². The second-order valence-corrected chi connectivity index (χ2v) is 10.2. The van der Waals surface area contributed by atoms with E-state index >= 15 is 0 Å². The van der Waals surface area contributed by atoms with Gasteiger partial charge in [0.05, 0.1) is 0 Å². The average Bonchev–Trinajstić information content (AvgIpc) is 2.73. The van der Waals surface area contributed by atoms with Crippen LogP contribution in [0, 0.1) is 12.8 Å². The van der Waals surface area contributed by atoms with Gasteiger partial charge in [0, 0.05) is 38.9 Å². The van der Waals surface area contributed by atoms with Crippen molar-refractivity contribution in [2.24, 2.45) is 5.92 Å². The number of nitrogens with one attached hydrogen (secondary N) is 1. The minimum Gasteiger partial charge on any atom is -0.398 e. The standard InChI is InChI=1S/C26H33ClN4/c1-17-5-7-22-21(24(17)28)9-12-29-25(22)30-20-6-8-23(27)19(16-20)15-18-10-13-31(14-11-18)26(2,3)4/h5-9,12,16,18H,10-11,13-15,28H2,1-4H3,(H,29,30). The zero-order chi connectivity index (χ0) is 22.2.